The van der Waals surface area contributed by atoms with Crippen LogP contribution in [0, 0.1) is 20.8 Å². The summed E-state index contributed by atoms with van der Waals surface area (Å²) in [5.41, 5.74) is 6.62. The van der Waals surface area contributed by atoms with Gasteiger partial charge in [-0.1, -0.05) is 53.6 Å². The van der Waals surface area contributed by atoms with Gasteiger partial charge in [-0.15, -0.1) is 0 Å². The minimum absolute atomic E-state index is 1.30. The Balaban J connectivity index is 2.49. The Morgan fingerprint density at radius 2 is 1.27 bits per heavy atom. The molecule has 2 aromatic carbocycles. The van der Waals surface area contributed by atoms with Crippen molar-refractivity contribution in [3.63, 3.8) is 0 Å². The van der Waals surface area contributed by atoms with Crippen molar-refractivity contribution >= 4 is 0 Å². The van der Waals surface area contributed by atoms with E-state index in [4.69, 9.17) is 0 Å². The molecule has 0 bridgehead atoms. The van der Waals surface area contributed by atoms with Gasteiger partial charge in [0.15, 0.2) is 0 Å². The van der Waals surface area contributed by atoms with Gasteiger partial charge in [0.25, 0.3) is 0 Å². The maximum absolute atomic E-state index is 2.23. The second-order valence-corrected chi connectivity index (χ2v) is 4.18. The van der Waals surface area contributed by atoms with E-state index >= 15 is 0 Å². The Bertz CT molecular complexity index is 464. The first-order valence-electron chi connectivity index (χ1n) is 5.31. The van der Waals surface area contributed by atoms with Gasteiger partial charge < -0.3 is 0 Å². The summed E-state index contributed by atoms with van der Waals surface area (Å²) in [6.45, 7) is 6.42. The Morgan fingerprint density at radius 3 is 1.87 bits per heavy atom. The van der Waals surface area contributed by atoms with Crippen molar-refractivity contribution in [3.8, 4) is 11.1 Å². The lowest BCUT2D eigenvalue weighted by Crippen LogP contribution is -1.84. The van der Waals surface area contributed by atoms with Crippen LogP contribution in [-0.4, -0.2) is 0 Å². The molecule has 0 spiro atoms. The van der Waals surface area contributed by atoms with E-state index in [9.17, 15) is 0 Å². The molecule has 0 saturated heterocycles. The predicted octanol–water partition coefficient (Wildman–Crippen LogP) is 4.28. The van der Waals surface area contributed by atoms with Crippen LogP contribution < -0.4 is 0 Å². The van der Waals surface area contributed by atoms with E-state index in [1.54, 1.807) is 0 Å². The van der Waals surface area contributed by atoms with Gasteiger partial charge in [-0.25, -0.2) is 0 Å². The minimum Gasteiger partial charge on any atom is -0.0587 e. The van der Waals surface area contributed by atoms with Crippen LogP contribution in [0.4, 0.5) is 0 Å². The van der Waals surface area contributed by atoms with Crippen LogP contribution in [0.2, 0.25) is 0 Å². The number of benzene rings is 2. The average Bonchev–Trinajstić information content (AvgIpc) is 2.20. The molecule has 0 N–H and O–H groups in total. The van der Waals surface area contributed by atoms with Crippen LogP contribution in [0.15, 0.2) is 42.5 Å². The molecule has 2 rings (SSSR count). The van der Waals surface area contributed by atoms with Gasteiger partial charge in [-0.3, -0.25) is 0 Å². The van der Waals surface area contributed by atoms with Gasteiger partial charge in [0.1, 0.15) is 0 Å². The first kappa shape index (κ1) is 9.97. The summed E-state index contributed by atoms with van der Waals surface area (Å²) in [7, 11) is 0. The van der Waals surface area contributed by atoms with Crippen molar-refractivity contribution in [1.29, 1.82) is 0 Å². The van der Waals surface area contributed by atoms with Gasteiger partial charge in [-0.05, 0) is 37.5 Å². The predicted molar refractivity (Wildman–Crippen MR) is 66.1 cm³/mol. The Morgan fingerprint density at radius 1 is 0.667 bits per heavy atom. The van der Waals surface area contributed by atoms with Crippen molar-refractivity contribution in [2.75, 3.05) is 0 Å². The SMILES string of the molecule is Cc1ccc(-c2ccc(C)cc2C)cc1. The van der Waals surface area contributed by atoms with E-state index in [0.717, 1.165) is 0 Å². The monoisotopic (exact) mass is 196 g/mol. The zero-order valence-corrected chi connectivity index (χ0v) is 9.54. The van der Waals surface area contributed by atoms with E-state index in [2.05, 4.69) is 63.2 Å². The molecule has 0 atom stereocenters. The van der Waals surface area contributed by atoms with Crippen molar-refractivity contribution in [3.05, 3.63) is 59.2 Å². The van der Waals surface area contributed by atoms with Gasteiger partial charge in [0.2, 0.25) is 0 Å². The molecular weight excluding hydrogens is 180 g/mol. The molecule has 0 fully saturated rings. The first-order chi connectivity index (χ1) is 7.16. The van der Waals surface area contributed by atoms with E-state index in [0.29, 0.717) is 0 Å². The lowest BCUT2D eigenvalue weighted by atomic mass is 9.98. The maximum Gasteiger partial charge on any atom is -0.0155 e. The Kier molecular flexibility index (Phi) is 2.59. The summed E-state index contributed by atoms with van der Waals surface area (Å²) in [6.07, 6.45) is 0. The molecule has 0 aliphatic carbocycles. The molecule has 0 heterocycles. The van der Waals surface area contributed by atoms with Gasteiger partial charge in [-0.2, -0.15) is 0 Å². The van der Waals surface area contributed by atoms with Crippen LogP contribution >= 0.6 is 0 Å². The van der Waals surface area contributed by atoms with Gasteiger partial charge in [0, 0.05) is 0 Å². The highest BCUT2D eigenvalue weighted by atomic mass is 14.1. The van der Waals surface area contributed by atoms with Gasteiger partial charge >= 0.3 is 0 Å². The molecule has 0 amide bonds. The Hall–Kier alpha value is -1.56. The first-order valence-corrected chi connectivity index (χ1v) is 5.31. The summed E-state index contributed by atoms with van der Waals surface area (Å²) < 4.78 is 0. The molecular formula is C15H16. The van der Waals surface area contributed by atoms with Crippen molar-refractivity contribution < 1.29 is 0 Å². The largest absolute Gasteiger partial charge is 0.0587 e. The zero-order valence-electron chi connectivity index (χ0n) is 9.54. The number of rotatable bonds is 1. The van der Waals surface area contributed by atoms with Crippen LogP contribution in [0.3, 0.4) is 0 Å². The fourth-order valence-corrected chi connectivity index (χ4v) is 1.87. The average molecular weight is 196 g/mol. The topological polar surface area (TPSA) is 0 Å². The lowest BCUT2D eigenvalue weighted by molar-refractivity contribution is 1.38. The second kappa shape index (κ2) is 3.90. The van der Waals surface area contributed by atoms with Crippen molar-refractivity contribution in [2.45, 2.75) is 20.8 Å². The number of hydrogen-bond donors (Lipinski definition) is 0. The second-order valence-electron chi connectivity index (χ2n) is 4.18. The fraction of sp³-hybridized carbons (Fsp3) is 0.200. The summed E-state index contributed by atoms with van der Waals surface area (Å²) in [5, 5.41) is 0. The summed E-state index contributed by atoms with van der Waals surface area (Å²) >= 11 is 0. The van der Waals surface area contributed by atoms with Crippen LogP contribution in [0.5, 0.6) is 0 Å². The maximum atomic E-state index is 2.23. The highest BCUT2D eigenvalue weighted by Crippen LogP contribution is 2.24. The highest BCUT2D eigenvalue weighted by Gasteiger charge is 2.00. The molecule has 15 heavy (non-hydrogen) atoms. The normalized spacial score (nSPS) is 10.3. The molecule has 0 aliphatic rings. The molecule has 0 saturated carbocycles. The van der Waals surface area contributed by atoms with Crippen LogP contribution in [-0.2, 0) is 0 Å². The zero-order chi connectivity index (χ0) is 10.8. The Labute approximate surface area is 91.6 Å². The quantitative estimate of drug-likeness (QED) is 0.638. The van der Waals surface area contributed by atoms with E-state index in [1.807, 2.05) is 0 Å². The molecule has 0 radical (unpaired) electrons. The summed E-state index contributed by atoms with van der Waals surface area (Å²) in [4.78, 5) is 0. The highest BCUT2D eigenvalue weighted by molar-refractivity contribution is 5.67. The minimum atomic E-state index is 1.30. The molecule has 76 valence electrons. The number of aryl methyl sites for hydroxylation is 3. The molecule has 0 nitrogen and oxygen atoms in total. The molecule has 0 aromatic heterocycles. The standard InChI is InChI=1S/C15H16/c1-11-4-7-14(8-5-11)15-9-6-12(2)10-13(15)3/h4-10H,1-3H3. The third-order valence-corrected chi connectivity index (χ3v) is 2.74. The third kappa shape index (κ3) is 2.10. The molecule has 2 aromatic rings. The molecule has 0 aliphatic heterocycles. The van der Waals surface area contributed by atoms with E-state index in [1.165, 1.54) is 27.8 Å². The molecule has 0 heteroatoms. The lowest BCUT2D eigenvalue weighted by Gasteiger charge is -2.07. The fourth-order valence-electron chi connectivity index (χ4n) is 1.87. The van der Waals surface area contributed by atoms with E-state index in [-0.39, 0.29) is 0 Å². The summed E-state index contributed by atoms with van der Waals surface area (Å²) in [5.74, 6) is 0. The van der Waals surface area contributed by atoms with Crippen LogP contribution in [0.1, 0.15) is 16.7 Å². The smallest absolute Gasteiger partial charge is 0.0155 e. The van der Waals surface area contributed by atoms with Crippen molar-refractivity contribution in [2.24, 2.45) is 0 Å². The van der Waals surface area contributed by atoms with E-state index < -0.39 is 0 Å². The number of hydrogen-bond acceptors (Lipinski definition) is 0. The van der Waals surface area contributed by atoms with Crippen molar-refractivity contribution in [1.82, 2.24) is 0 Å². The summed E-state index contributed by atoms with van der Waals surface area (Å²) in [6, 6.07) is 15.3. The third-order valence-electron chi connectivity index (χ3n) is 2.74. The molecule has 0 unspecified atom stereocenters. The van der Waals surface area contributed by atoms with Gasteiger partial charge in [0.05, 0.1) is 0 Å². The van der Waals surface area contributed by atoms with Crippen LogP contribution in [0.25, 0.3) is 11.1 Å².